The number of nitrogens with zero attached hydrogens (tertiary/aromatic N) is 4. The highest BCUT2D eigenvalue weighted by atomic mass is 16.5. The topological polar surface area (TPSA) is 43.2 Å². The van der Waals surface area contributed by atoms with Crippen LogP contribution in [0.5, 0.6) is 11.5 Å². The average molecular weight is 655 g/mol. The Morgan fingerprint density at radius 1 is 0.431 bits per heavy atom. The fraction of sp³-hybridized carbons (Fsp3) is 0. The van der Waals surface area contributed by atoms with E-state index < -0.39 is 0 Å². The zero-order valence-electron chi connectivity index (χ0n) is 27.5. The molecular weight excluding hydrogens is 625 g/mol. The number of fused-ring (bicyclic) bond motifs is 5. The van der Waals surface area contributed by atoms with Gasteiger partial charge in [0.1, 0.15) is 5.52 Å². The Morgan fingerprint density at radius 2 is 1.02 bits per heavy atom. The molecule has 51 heavy (non-hydrogen) atoms. The van der Waals surface area contributed by atoms with Crippen LogP contribution in [0.15, 0.2) is 182 Å². The summed E-state index contributed by atoms with van der Waals surface area (Å²) in [4.78, 5) is 12.8. The summed E-state index contributed by atoms with van der Waals surface area (Å²) >= 11 is 0. The molecule has 0 aliphatic carbocycles. The lowest BCUT2D eigenvalue weighted by molar-refractivity contribution is 0.477. The number of hydrogen-bond acceptors (Lipinski definition) is 4. The molecule has 3 heterocycles. The minimum Gasteiger partial charge on any atom is -0.453 e. The lowest BCUT2D eigenvalue weighted by Crippen LogP contribution is -2.15. The third-order valence-electron chi connectivity index (χ3n) is 9.57. The quantitative estimate of drug-likeness (QED) is 0.185. The second-order valence-electron chi connectivity index (χ2n) is 12.7. The molecule has 0 fully saturated rings. The van der Waals surface area contributed by atoms with Gasteiger partial charge < -0.3 is 14.2 Å². The fourth-order valence-corrected chi connectivity index (χ4v) is 7.23. The second-order valence-corrected chi connectivity index (χ2v) is 12.7. The summed E-state index contributed by atoms with van der Waals surface area (Å²) in [5, 5.41) is 1.05. The van der Waals surface area contributed by atoms with Gasteiger partial charge in [-0.15, -0.1) is 0 Å². The Kier molecular flexibility index (Phi) is 6.74. The maximum atomic E-state index is 6.57. The largest absolute Gasteiger partial charge is 0.453 e. The molecule has 0 bridgehead atoms. The maximum absolute atomic E-state index is 6.57. The second kappa shape index (κ2) is 11.9. The van der Waals surface area contributed by atoms with Gasteiger partial charge in [-0.1, -0.05) is 121 Å². The van der Waals surface area contributed by atoms with Crippen LogP contribution in [0, 0.1) is 0 Å². The van der Waals surface area contributed by atoms with E-state index in [9.17, 15) is 0 Å². The average Bonchev–Trinajstić information content (AvgIpc) is 3.54. The number of hydrogen-bond donors (Lipinski definition) is 0. The smallest absolute Gasteiger partial charge is 0.160 e. The van der Waals surface area contributed by atoms with Crippen molar-refractivity contribution < 1.29 is 4.74 Å². The number of rotatable bonds is 5. The normalized spacial score (nSPS) is 12.0. The van der Waals surface area contributed by atoms with Crippen molar-refractivity contribution in [3.63, 3.8) is 0 Å². The van der Waals surface area contributed by atoms with Gasteiger partial charge in [0.25, 0.3) is 0 Å². The molecule has 0 spiro atoms. The number of ether oxygens (including phenoxy) is 1. The van der Waals surface area contributed by atoms with Crippen molar-refractivity contribution >= 4 is 39.0 Å². The van der Waals surface area contributed by atoms with Crippen molar-refractivity contribution in [1.82, 2.24) is 14.5 Å². The highest BCUT2D eigenvalue weighted by molar-refractivity contribution is 6.12. The molecule has 0 radical (unpaired) electrons. The predicted molar refractivity (Wildman–Crippen MR) is 207 cm³/mol. The molecule has 0 amide bonds. The molecule has 5 nitrogen and oxygen atoms in total. The summed E-state index contributed by atoms with van der Waals surface area (Å²) in [6, 6.07) is 62.9. The van der Waals surface area contributed by atoms with Crippen LogP contribution in [0.2, 0.25) is 0 Å². The van der Waals surface area contributed by atoms with E-state index in [-0.39, 0.29) is 0 Å². The Hall–Kier alpha value is -6.98. The monoisotopic (exact) mass is 654 g/mol. The van der Waals surface area contributed by atoms with E-state index in [1.165, 1.54) is 0 Å². The van der Waals surface area contributed by atoms with E-state index in [0.29, 0.717) is 5.82 Å². The van der Waals surface area contributed by atoms with Gasteiger partial charge in [-0.05, 0) is 71.8 Å². The van der Waals surface area contributed by atoms with Gasteiger partial charge in [-0.2, -0.15) is 0 Å². The summed E-state index contributed by atoms with van der Waals surface area (Å²) in [5.41, 5.74) is 12.1. The first kappa shape index (κ1) is 29.0. The van der Waals surface area contributed by atoms with Crippen LogP contribution in [0.4, 0.5) is 17.1 Å². The molecule has 5 heteroatoms. The van der Waals surface area contributed by atoms with Crippen molar-refractivity contribution in [3.8, 4) is 51.0 Å². The zero-order chi connectivity index (χ0) is 33.7. The fourth-order valence-electron chi connectivity index (χ4n) is 7.23. The van der Waals surface area contributed by atoms with Gasteiger partial charge in [0.15, 0.2) is 17.3 Å². The van der Waals surface area contributed by atoms with Crippen molar-refractivity contribution in [2.45, 2.75) is 0 Å². The van der Waals surface area contributed by atoms with Crippen molar-refractivity contribution in [2.24, 2.45) is 0 Å². The van der Waals surface area contributed by atoms with Gasteiger partial charge in [-0.3, -0.25) is 0 Å². The van der Waals surface area contributed by atoms with E-state index in [1.54, 1.807) is 0 Å². The van der Waals surface area contributed by atoms with Crippen LogP contribution in [0.25, 0.3) is 61.4 Å². The van der Waals surface area contributed by atoms with Crippen LogP contribution >= 0.6 is 0 Å². The van der Waals surface area contributed by atoms with Gasteiger partial charge in [0.05, 0.1) is 28.1 Å². The van der Waals surface area contributed by atoms with Crippen molar-refractivity contribution in [3.05, 3.63) is 182 Å². The Morgan fingerprint density at radius 3 is 1.76 bits per heavy atom. The number of aromatic nitrogens is 3. The molecule has 240 valence electrons. The van der Waals surface area contributed by atoms with Gasteiger partial charge in [0.2, 0.25) is 0 Å². The Bertz CT molecular complexity index is 2710. The van der Waals surface area contributed by atoms with Crippen molar-refractivity contribution in [2.75, 3.05) is 4.90 Å². The number of para-hydroxylation sites is 4. The molecule has 7 aromatic carbocycles. The minimum absolute atomic E-state index is 0.696. The summed E-state index contributed by atoms with van der Waals surface area (Å²) in [6.45, 7) is 0. The minimum atomic E-state index is 0.696. The highest BCUT2D eigenvalue weighted by Crippen LogP contribution is 2.51. The molecule has 0 saturated carbocycles. The Balaban J connectivity index is 1.21. The lowest BCUT2D eigenvalue weighted by atomic mass is 10.0. The van der Waals surface area contributed by atoms with Gasteiger partial charge >= 0.3 is 0 Å². The molecule has 0 unspecified atom stereocenters. The molecular formula is C46H30N4O. The van der Waals surface area contributed by atoms with Crippen LogP contribution in [-0.4, -0.2) is 14.5 Å². The molecule has 0 atom stereocenters. The predicted octanol–water partition coefficient (Wildman–Crippen LogP) is 12.2. The molecule has 10 rings (SSSR count). The van der Waals surface area contributed by atoms with Crippen LogP contribution in [0.1, 0.15) is 0 Å². The summed E-state index contributed by atoms with van der Waals surface area (Å²) in [7, 11) is 0. The van der Waals surface area contributed by atoms with E-state index in [1.807, 2.05) is 48.5 Å². The van der Waals surface area contributed by atoms with Crippen LogP contribution in [-0.2, 0) is 0 Å². The summed E-state index contributed by atoms with van der Waals surface area (Å²) in [5.74, 6) is 2.33. The lowest BCUT2D eigenvalue weighted by Gasteiger charge is -2.33. The standard InChI is InChI=1S/C46H30N4O/c1-5-15-31(16-6-1)43-45-44(48-46(47-43)32-17-7-2-8-18-32)37-29-33(25-27-38(37)50(45)36-21-11-4-12-22-36)34-26-28-40-42(30-34)51-41-24-14-13-23-39(41)49(40)35-19-9-3-10-20-35/h1-30H. The maximum Gasteiger partial charge on any atom is 0.160 e. The first-order valence-electron chi connectivity index (χ1n) is 17.1. The third kappa shape index (κ3) is 4.86. The van der Waals surface area contributed by atoms with E-state index >= 15 is 0 Å². The van der Waals surface area contributed by atoms with E-state index in [4.69, 9.17) is 14.7 Å². The van der Waals surface area contributed by atoms with Gasteiger partial charge in [0, 0.05) is 27.9 Å². The number of anilines is 3. The van der Waals surface area contributed by atoms with Gasteiger partial charge in [-0.25, -0.2) is 9.97 Å². The molecule has 0 N–H and O–H groups in total. The summed E-state index contributed by atoms with van der Waals surface area (Å²) in [6.07, 6.45) is 0. The molecule has 1 aliphatic rings. The molecule has 9 aromatic rings. The van der Waals surface area contributed by atoms with E-state index in [0.717, 1.165) is 84.1 Å². The number of benzene rings is 7. The Labute approximate surface area is 295 Å². The van der Waals surface area contributed by atoms with Crippen LogP contribution in [0.3, 0.4) is 0 Å². The first-order chi connectivity index (χ1) is 25.3. The summed E-state index contributed by atoms with van der Waals surface area (Å²) < 4.78 is 8.88. The SMILES string of the molecule is c1ccc(-c2nc(-c3ccccc3)c3c(n2)c2cc(-c4ccc5c(c4)Oc4ccccc4N5c4ccccc4)ccc2n3-c2ccccc2)cc1. The highest BCUT2D eigenvalue weighted by Gasteiger charge is 2.26. The van der Waals surface area contributed by atoms with Crippen molar-refractivity contribution in [1.29, 1.82) is 0 Å². The van der Waals surface area contributed by atoms with Crippen LogP contribution < -0.4 is 9.64 Å². The zero-order valence-corrected chi connectivity index (χ0v) is 27.5. The third-order valence-corrected chi connectivity index (χ3v) is 9.57. The molecule has 1 aliphatic heterocycles. The molecule has 2 aromatic heterocycles. The molecule has 0 saturated heterocycles. The first-order valence-corrected chi connectivity index (χ1v) is 17.1. The van der Waals surface area contributed by atoms with E-state index in [2.05, 4.69) is 143 Å².